The molecule has 0 fully saturated rings. The molecule has 0 bridgehead atoms. The van der Waals surface area contributed by atoms with Crippen molar-refractivity contribution in [1.82, 2.24) is 4.31 Å². The highest BCUT2D eigenvalue weighted by Crippen LogP contribution is 2.32. The second kappa shape index (κ2) is 9.82. The number of likely N-dealkylation sites (N-methyl/N-ethyl adjacent to an activating group) is 1. The third-order valence-corrected chi connectivity index (χ3v) is 6.37. The molecule has 0 radical (unpaired) electrons. The van der Waals surface area contributed by atoms with Crippen LogP contribution in [0.1, 0.15) is 0 Å². The lowest BCUT2D eigenvalue weighted by Crippen LogP contribution is -2.35. The van der Waals surface area contributed by atoms with Crippen molar-refractivity contribution in [2.24, 2.45) is 0 Å². The van der Waals surface area contributed by atoms with Gasteiger partial charge >= 0.3 is 0 Å². The lowest BCUT2D eigenvalue weighted by atomic mass is 10.2. The van der Waals surface area contributed by atoms with Crippen LogP contribution in [0.3, 0.4) is 0 Å². The smallest absolute Gasteiger partial charge is 0.243 e. The fourth-order valence-electron chi connectivity index (χ4n) is 2.71. The van der Waals surface area contributed by atoms with E-state index in [0.29, 0.717) is 28.0 Å². The molecule has 0 aliphatic carbocycles. The first-order valence-corrected chi connectivity index (χ1v) is 11.0. The van der Waals surface area contributed by atoms with Gasteiger partial charge in [0.15, 0.2) is 5.75 Å². The summed E-state index contributed by atoms with van der Waals surface area (Å²) in [4.78, 5) is 12.7. The van der Waals surface area contributed by atoms with Crippen molar-refractivity contribution in [2.75, 3.05) is 26.0 Å². The number of sulfonamides is 1. The molecule has 0 atom stereocenters. The van der Waals surface area contributed by atoms with Crippen LogP contribution >= 0.6 is 11.6 Å². The van der Waals surface area contributed by atoms with Crippen LogP contribution in [0, 0.1) is 0 Å². The minimum Gasteiger partial charge on any atom is -0.497 e. The van der Waals surface area contributed by atoms with Gasteiger partial charge in [-0.2, -0.15) is 4.31 Å². The summed E-state index contributed by atoms with van der Waals surface area (Å²) >= 11 is 6.07. The first kappa shape index (κ1) is 22.6. The average molecular weight is 461 g/mol. The van der Waals surface area contributed by atoms with Crippen molar-refractivity contribution in [2.45, 2.75) is 4.90 Å². The lowest BCUT2D eigenvalue weighted by Gasteiger charge is -2.18. The van der Waals surface area contributed by atoms with Crippen molar-refractivity contribution in [3.63, 3.8) is 0 Å². The maximum atomic E-state index is 12.6. The molecular formula is C22H21ClN2O5S. The highest BCUT2D eigenvalue weighted by molar-refractivity contribution is 7.89. The molecule has 0 saturated carbocycles. The van der Waals surface area contributed by atoms with E-state index in [9.17, 15) is 13.2 Å². The second-order valence-corrected chi connectivity index (χ2v) is 9.02. The number of carbonyl (C=O) groups excluding carboxylic acids is 1. The molecule has 3 aromatic rings. The van der Waals surface area contributed by atoms with Crippen LogP contribution < -0.4 is 14.8 Å². The van der Waals surface area contributed by atoms with Gasteiger partial charge in [-0.15, -0.1) is 0 Å². The topological polar surface area (TPSA) is 84.9 Å². The van der Waals surface area contributed by atoms with Gasteiger partial charge in [0.1, 0.15) is 11.5 Å². The highest BCUT2D eigenvalue weighted by Gasteiger charge is 2.23. The third-order valence-electron chi connectivity index (χ3n) is 4.32. The minimum absolute atomic E-state index is 0.108. The minimum atomic E-state index is -3.80. The zero-order valence-electron chi connectivity index (χ0n) is 16.9. The Morgan fingerprint density at radius 1 is 1.00 bits per heavy atom. The number of amides is 1. The van der Waals surface area contributed by atoms with Gasteiger partial charge in [-0.1, -0.05) is 29.8 Å². The summed E-state index contributed by atoms with van der Waals surface area (Å²) in [6, 6.07) is 19.6. The van der Waals surface area contributed by atoms with E-state index in [1.54, 1.807) is 61.7 Å². The molecular weight excluding hydrogens is 440 g/mol. The molecule has 3 aromatic carbocycles. The van der Waals surface area contributed by atoms with Gasteiger partial charge in [-0.05, 0) is 54.6 Å². The van der Waals surface area contributed by atoms with Gasteiger partial charge in [0.25, 0.3) is 0 Å². The number of halogens is 1. The van der Waals surface area contributed by atoms with Crippen molar-refractivity contribution >= 4 is 33.2 Å². The van der Waals surface area contributed by atoms with Crippen LogP contribution in [0.25, 0.3) is 0 Å². The molecule has 0 aliphatic heterocycles. The Kier molecular flexibility index (Phi) is 7.17. The summed E-state index contributed by atoms with van der Waals surface area (Å²) in [6.07, 6.45) is 0. The Morgan fingerprint density at radius 2 is 1.65 bits per heavy atom. The fraction of sp³-hybridized carbons (Fsp3) is 0.136. The van der Waals surface area contributed by atoms with E-state index in [0.717, 1.165) is 4.31 Å². The van der Waals surface area contributed by atoms with Gasteiger partial charge in [-0.25, -0.2) is 8.42 Å². The van der Waals surface area contributed by atoms with E-state index < -0.39 is 15.9 Å². The van der Waals surface area contributed by atoms with Crippen molar-refractivity contribution < 1.29 is 22.7 Å². The first-order valence-electron chi connectivity index (χ1n) is 9.22. The lowest BCUT2D eigenvalue weighted by molar-refractivity contribution is -0.116. The summed E-state index contributed by atoms with van der Waals surface area (Å²) in [5.41, 5.74) is 0.318. The van der Waals surface area contributed by atoms with Crippen molar-refractivity contribution in [1.29, 1.82) is 0 Å². The number of methoxy groups -OCH3 is 1. The molecule has 1 N–H and O–H groups in total. The monoisotopic (exact) mass is 460 g/mol. The number of ether oxygens (including phenoxy) is 2. The van der Waals surface area contributed by atoms with E-state index in [2.05, 4.69) is 5.32 Å². The molecule has 7 nitrogen and oxygen atoms in total. The normalized spacial score (nSPS) is 11.2. The number of rotatable bonds is 8. The molecule has 0 aliphatic rings. The van der Waals surface area contributed by atoms with Crippen LogP contribution in [0.15, 0.2) is 77.7 Å². The molecule has 0 unspecified atom stereocenters. The second-order valence-electron chi connectivity index (χ2n) is 6.54. The van der Waals surface area contributed by atoms with E-state index in [1.165, 1.54) is 25.2 Å². The third kappa shape index (κ3) is 5.75. The Balaban J connectivity index is 1.74. The number of nitrogens with zero attached hydrogens (tertiary/aromatic N) is 1. The summed E-state index contributed by atoms with van der Waals surface area (Å²) in [6.45, 7) is -0.383. The standard InChI is InChI=1S/C22H21ClN2O5S/c1-25(31(27,28)19-6-4-3-5-7-19)15-22(26)24-20-14-16(23)8-13-21(20)30-18-11-9-17(29-2)10-12-18/h3-14H,15H2,1-2H3,(H,24,26). The summed E-state index contributed by atoms with van der Waals surface area (Å²) in [5.74, 6) is 1.03. The molecule has 0 spiro atoms. The quantitative estimate of drug-likeness (QED) is 0.538. The molecule has 0 aromatic heterocycles. The average Bonchev–Trinajstić information content (AvgIpc) is 2.76. The van der Waals surface area contributed by atoms with Gasteiger partial charge in [-0.3, -0.25) is 4.79 Å². The Morgan fingerprint density at radius 3 is 2.29 bits per heavy atom. The first-order chi connectivity index (χ1) is 14.8. The molecule has 1 amide bonds. The molecule has 3 rings (SSSR count). The Hall–Kier alpha value is -3.07. The number of hydrogen-bond donors (Lipinski definition) is 1. The zero-order chi connectivity index (χ0) is 22.4. The maximum Gasteiger partial charge on any atom is 0.243 e. The van der Waals surface area contributed by atoms with Gasteiger partial charge in [0, 0.05) is 12.1 Å². The van der Waals surface area contributed by atoms with Crippen LogP contribution in [-0.4, -0.2) is 39.3 Å². The largest absolute Gasteiger partial charge is 0.497 e. The van der Waals surface area contributed by atoms with E-state index in [4.69, 9.17) is 21.1 Å². The zero-order valence-corrected chi connectivity index (χ0v) is 18.5. The predicted octanol–water partition coefficient (Wildman–Crippen LogP) is 4.40. The Labute approximate surface area is 186 Å². The highest BCUT2D eigenvalue weighted by atomic mass is 35.5. The van der Waals surface area contributed by atoms with Crippen LogP contribution in [-0.2, 0) is 14.8 Å². The van der Waals surface area contributed by atoms with E-state index in [1.807, 2.05) is 0 Å². The SMILES string of the molecule is COc1ccc(Oc2ccc(Cl)cc2NC(=O)CN(C)S(=O)(=O)c2ccccc2)cc1. The summed E-state index contributed by atoms with van der Waals surface area (Å²) in [5, 5.41) is 3.06. The van der Waals surface area contributed by atoms with Gasteiger partial charge in [0.05, 0.1) is 24.2 Å². The van der Waals surface area contributed by atoms with Crippen LogP contribution in [0.2, 0.25) is 5.02 Å². The number of benzene rings is 3. The van der Waals surface area contributed by atoms with Crippen molar-refractivity contribution in [3.05, 3.63) is 77.8 Å². The van der Waals surface area contributed by atoms with Gasteiger partial charge in [0.2, 0.25) is 15.9 Å². The summed E-state index contributed by atoms with van der Waals surface area (Å²) < 4.78 is 37.2. The number of carbonyl (C=O) groups is 1. The number of nitrogens with one attached hydrogen (secondary N) is 1. The molecule has 0 saturated heterocycles. The molecule has 9 heteroatoms. The van der Waals surface area contributed by atoms with Crippen molar-refractivity contribution in [3.8, 4) is 17.2 Å². The number of anilines is 1. The molecule has 162 valence electrons. The van der Waals surface area contributed by atoms with E-state index >= 15 is 0 Å². The molecule has 31 heavy (non-hydrogen) atoms. The molecule has 0 heterocycles. The van der Waals surface area contributed by atoms with Crippen LogP contribution in [0.4, 0.5) is 5.69 Å². The maximum absolute atomic E-state index is 12.6. The predicted molar refractivity (Wildman–Crippen MR) is 119 cm³/mol. The summed E-state index contributed by atoms with van der Waals surface area (Å²) in [7, 11) is -0.887. The fourth-order valence-corrected chi connectivity index (χ4v) is 4.03. The van der Waals surface area contributed by atoms with Crippen LogP contribution in [0.5, 0.6) is 17.2 Å². The number of hydrogen-bond acceptors (Lipinski definition) is 5. The van der Waals surface area contributed by atoms with E-state index in [-0.39, 0.29) is 11.4 Å². The van der Waals surface area contributed by atoms with Gasteiger partial charge < -0.3 is 14.8 Å². The Bertz CT molecular complexity index is 1150.